The fourth-order valence-corrected chi connectivity index (χ4v) is 2.51. The Balaban J connectivity index is 1.82. The van der Waals surface area contributed by atoms with Gasteiger partial charge < -0.3 is 4.74 Å². The first-order chi connectivity index (χ1) is 8.79. The van der Waals surface area contributed by atoms with Gasteiger partial charge in [-0.1, -0.05) is 42.5 Å². The molecule has 18 heavy (non-hydrogen) atoms. The third-order valence-electron chi connectivity index (χ3n) is 3.58. The van der Waals surface area contributed by atoms with E-state index < -0.39 is 0 Å². The van der Waals surface area contributed by atoms with E-state index in [1.165, 1.54) is 16.3 Å². The van der Waals surface area contributed by atoms with Crippen LogP contribution < -0.4 is 0 Å². The van der Waals surface area contributed by atoms with Crippen LogP contribution in [0.25, 0.3) is 10.8 Å². The lowest BCUT2D eigenvalue weighted by molar-refractivity contribution is -0.144. The molecule has 1 aliphatic rings. The van der Waals surface area contributed by atoms with Gasteiger partial charge in [0.15, 0.2) is 0 Å². The lowest BCUT2D eigenvalue weighted by Gasteiger charge is -2.03. The van der Waals surface area contributed by atoms with E-state index in [1.807, 2.05) is 19.1 Å². The van der Waals surface area contributed by atoms with E-state index in [2.05, 4.69) is 30.3 Å². The van der Waals surface area contributed by atoms with Crippen LogP contribution in [0.4, 0.5) is 0 Å². The molecule has 0 spiro atoms. The maximum absolute atomic E-state index is 11.6. The number of hydrogen-bond donors (Lipinski definition) is 0. The molecule has 1 saturated carbocycles. The van der Waals surface area contributed by atoms with Crippen LogP contribution in [0.3, 0.4) is 0 Å². The maximum Gasteiger partial charge on any atom is 0.309 e. The number of esters is 1. The minimum absolute atomic E-state index is 0.0457. The first kappa shape index (κ1) is 11.3. The molecule has 2 nitrogen and oxygen atoms in total. The Morgan fingerprint density at radius 1 is 1.22 bits per heavy atom. The number of ether oxygens (including phenoxy) is 1. The molecule has 0 heterocycles. The van der Waals surface area contributed by atoms with Crippen molar-refractivity contribution < 1.29 is 9.53 Å². The minimum atomic E-state index is -0.0457. The molecule has 2 heteroatoms. The zero-order chi connectivity index (χ0) is 12.5. The molecule has 0 bridgehead atoms. The molecule has 2 aromatic carbocycles. The number of hydrogen-bond acceptors (Lipinski definition) is 2. The lowest BCUT2D eigenvalue weighted by atomic mass is 10.0. The number of carbonyl (C=O) groups is 1. The first-order valence-electron chi connectivity index (χ1n) is 6.45. The van der Waals surface area contributed by atoms with Gasteiger partial charge in [0, 0.05) is 0 Å². The zero-order valence-electron chi connectivity index (χ0n) is 10.4. The van der Waals surface area contributed by atoms with Crippen molar-refractivity contribution in [1.82, 2.24) is 0 Å². The third-order valence-corrected chi connectivity index (χ3v) is 3.58. The summed E-state index contributed by atoms with van der Waals surface area (Å²) in [5.74, 6) is 0.385. The molecule has 92 valence electrons. The number of fused-ring (bicyclic) bond motifs is 1. The summed E-state index contributed by atoms with van der Waals surface area (Å²) >= 11 is 0. The van der Waals surface area contributed by atoms with Crippen molar-refractivity contribution >= 4 is 16.7 Å². The molecular formula is C16H16O2. The number of rotatable bonds is 3. The van der Waals surface area contributed by atoms with E-state index in [0.29, 0.717) is 12.5 Å². The second kappa shape index (κ2) is 4.45. The second-order valence-electron chi connectivity index (χ2n) is 4.81. The summed E-state index contributed by atoms with van der Waals surface area (Å²) in [5, 5.41) is 2.49. The normalized spacial score (nSPS) is 21.8. The Morgan fingerprint density at radius 3 is 2.78 bits per heavy atom. The van der Waals surface area contributed by atoms with Crippen LogP contribution >= 0.6 is 0 Å². The van der Waals surface area contributed by atoms with Gasteiger partial charge in [0.2, 0.25) is 0 Å². The average Bonchev–Trinajstić information content (AvgIpc) is 3.19. The van der Waals surface area contributed by atoms with Gasteiger partial charge in [0.25, 0.3) is 0 Å². The Labute approximate surface area is 107 Å². The van der Waals surface area contributed by atoms with E-state index >= 15 is 0 Å². The smallest absolute Gasteiger partial charge is 0.309 e. The van der Waals surface area contributed by atoms with Gasteiger partial charge in [-0.25, -0.2) is 0 Å². The van der Waals surface area contributed by atoms with E-state index in [0.717, 1.165) is 6.42 Å². The molecule has 0 saturated heterocycles. The Hall–Kier alpha value is -1.83. The van der Waals surface area contributed by atoms with Gasteiger partial charge in [-0.15, -0.1) is 0 Å². The summed E-state index contributed by atoms with van der Waals surface area (Å²) in [4.78, 5) is 11.6. The molecule has 1 fully saturated rings. The molecule has 0 radical (unpaired) electrons. The highest BCUT2D eigenvalue weighted by molar-refractivity contribution is 5.84. The van der Waals surface area contributed by atoms with E-state index in [9.17, 15) is 4.79 Å². The van der Waals surface area contributed by atoms with Gasteiger partial charge in [-0.3, -0.25) is 4.79 Å². The van der Waals surface area contributed by atoms with Crippen molar-refractivity contribution in [2.45, 2.75) is 19.3 Å². The Bertz CT molecular complexity index is 588. The van der Waals surface area contributed by atoms with Gasteiger partial charge in [-0.2, -0.15) is 0 Å². The molecule has 1 aliphatic carbocycles. The number of benzene rings is 2. The third kappa shape index (κ3) is 1.99. The molecule has 2 aromatic rings. The van der Waals surface area contributed by atoms with Gasteiger partial charge in [0.1, 0.15) is 0 Å². The average molecular weight is 240 g/mol. The van der Waals surface area contributed by atoms with Crippen molar-refractivity contribution in [3.05, 3.63) is 48.0 Å². The van der Waals surface area contributed by atoms with Crippen LogP contribution in [0.2, 0.25) is 0 Å². The monoisotopic (exact) mass is 240 g/mol. The summed E-state index contributed by atoms with van der Waals surface area (Å²) in [7, 11) is 0. The largest absolute Gasteiger partial charge is 0.466 e. The van der Waals surface area contributed by atoms with E-state index in [1.54, 1.807) is 0 Å². The van der Waals surface area contributed by atoms with Crippen LogP contribution in [0, 0.1) is 5.92 Å². The summed E-state index contributed by atoms with van der Waals surface area (Å²) in [6.07, 6.45) is 0.928. The topological polar surface area (TPSA) is 26.3 Å². The van der Waals surface area contributed by atoms with Crippen LogP contribution in [0.15, 0.2) is 42.5 Å². The second-order valence-corrected chi connectivity index (χ2v) is 4.81. The fraction of sp³-hybridized carbons (Fsp3) is 0.312. The van der Waals surface area contributed by atoms with Crippen molar-refractivity contribution in [1.29, 1.82) is 0 Å². The predicted octanol–water partition coefficient (Wildman–Crippen LogP) is 3.51. The quantitative estimate of drug-likeness (QED) is 0.767. The molecule has 0 aromatic heterocycles. The van der Waals surface area contributed by atoms with Crippen molar-refractivity contribution in [3.8, 4) is 0 Å². The van der Waals surface area contributed by atoms with E-state index in [-0.39, 0.29) is 11.9 Å². The van der Waals surface area contributed by atoms with Crippen LogP contribution in [0.1, 0.15) is 24.8 Å². The Morgan fingerprint density at radius 2 is 2.00 bits per heavy atom. The van der Waals surface area contributed by atoms with Crippen molar-refractivity contribution in [2.24, 2.45) is 5.92 Å². The lowest BCUT2D eigenvalue weighted by Crippen LogP contribution is -2.07. The highest BCUT2D eigenvalue weighted by Crippen LogP contribution is 2.48. The van der Waals surface area contributed by atoms with E-state index in [4.69, 9.17) is 4.74 Å². The predicted molar refractivity (Wildman–Crippen MR) is 71.4 cm³/mol. The zero-order valence-corrected chi connectivity index (χ0v) is 10.4. The minimum Gasteiger partial charge on any atom is -0.466 e. The summed E-state index contributed by atoms with van der Waals surface area (Å²) in [6.45, 7) is 2.32. The first-order valence-corrected chi connectivity index (χ1v) is 6.45. The summed E-state index contributed by atoms with van der Waals surface area (Å²) < 4.78 is 5.07. The Kier molecular flexibility index (Phi) is 2.78. The SMILES string of the molecule is CCOC(=O)[C@@H]1C[C@@H]1c1ccc2ccccc2c1. The molecule has 0 amide bonds. The molecule has 0 unspecified atom stereocenters. The highest BCUT2D eigenvalue weighted by Gasteiger charge is 2.45. The van der Waals surface area contributed by atoms with Gasteiger partial charge in [-0.05, 0) is 35.6 Å². The number of carbonyl (C=O) groups excluding carboxylic acids is 1. The molecule has 2 atom stereocenters. The fourth-order valence-electron chi connectivity index (χ4n) is 2.51. The standard InChI is InChI=1S/C16H16O2/c1-2-18-16(17)15-10-14(15)13-8-7-11-5-3-4-6-12(11)9-13/h3-9,14-15H,2,10H2,1H3/t14-,15-/m1/s1. The van der Waals surface area contributed by atoms with Crippen LogP contribution in [-0.4, -0.2) is 12.6 Å². The summed E-state index contributed by atoms with van der Waals surface area (Å²) in [5.41, 5.74) is 1.26. The van der Waals surface area contributed by atoms with Gasteiger partial charge in [0.05, 0.1) is 12.5 Å². The maximum atomic E-state index is 11.6. The summed E-state index contributed by atoms with van der Waals surface area (Å²) in [6, 6.07) is 14.8. The van der Waals surface area contributed by atoms with Crippen LogP contribution in [0.5, 0.6) is 0 Å². The van der Waals surface area contributed by atoms with Gasteiger partial charge >= 0.3 is 5.97 Å². The highest BCUT2D eigenvalue weighted by atomic mass is 16.5. The van der Waals surface area contributed by atoms with Crippen molar-refractivity contribution in [3.63, 3.8) is 0 Å². The molecular weight excluding hydrogens is 224 g/mol. The molecule has 3 rings (SSSR count). The van der Waals surface area contributed by atoms with Crippen molar-refractivity contribution in [2.75, 3.05) is 6.61 Å². The molecule has 0 N–H and O–H groups in total. The van der Waals surface area contributed by atoms with Crippen LogP contribution in [-0.2, 0) is 9.53 Å². The molecule has 0 aliphatic heterocycles.